The summed E-state index contributed by atoms with van der Waals surface area (Å²) in [6, 6.07) is 16.1. The molecule has 1 N–H and O–H groups in total. The van der Waals surface area contributed by atoms with Crippen LogP contribution >= 0.6 is 0 Å². The Kier molecular flexibility index (Phi) is 5.16. The third-order valence-electron chi connectivity index (χ3n) is 4.44. The molecule has 4 heteroatoms. The van der Waals surface area contributed by atoms with Crippen molar-refractivity contribution in [3.8, 4) is 11.1 Å². The van der Waals surface area contributed by atoms with Crippen molar-refractivity contribution in [3.05, 3.63) is 54.1 Å². The van der Waals surface area contributed by atoms with Gasteiger partial charge in [0.15, 0.2) is 0 Å². The van der Waals surface area contributed by atoms with Crippen molar-refractivity contribution in [2.75, 3.05) is 32.1 Å². The van der Waals surface area contributed by atoms with Crippen molar-refractivity contribution in [2.45, 2.75) is 13.3 Å². The first kappa shape index (κ1) is 16.5. The van der Waals surface area contributed by atoms with Gasteiger partial charge in [0.25, 0.3) is 0 Å². The van der Waals surface area contributed by atoms with Crippen molar-refractivity contribution < 1.29 is 9.53 Å². The molecule has 0 bridgehead atoms. The number of rotatable bonds is 4. The third-order valence-corrected chi connectivity index (χ3v) is 4.44. The zero-order valence-corrected chi connectivity index (χ0v) is 14.3. The van der Waals surface area contributed by atoms with Crippen LogP contribution in [0.4, 0.5) is 10.5 Å². The van der Waals surface area contributed by atoms with Crippen LogP contribution in [0.25, 0.3) is 11.1 Å². The molecule has 4 nitrogen and oxygen atoms in total. The predicted octanol–water partition coefficient (Wildman–Crippen LogP) is 4.16. The number of hydrogen-bond donors (Lipinski definition) is 1. The fourth-order valence-electron chi connectivity index (χ4n) is 3.13. The number of carbonyl (C=O) groups excluding carboxylic acids is 1. The fraction of sp³-hybridized carbons (Fsp3) is 0.350. The van der Waals surface area contributed by atoms with E-state index in [2.05, 4.69) is 23.3 Å². The lowest BCUT2D eigenvalue weighted by Crippen LogP contribution is -2.21. The monoisotopic (exact) mass is 324 g/mol. The van der Waals surface area contributed by atoms with Gasteiger partial charge in [-0.25, -0.2) is 4.79 Å². The molecule has 1 atom stereocenters. The number of carbonyl (C=O) groups is 1. The largest absolute Gasteiger partial charge is 0.449 e. The Bertz CT molecular complexity index is 700. The second-order valence-corrected chi connectivity index (χ2v) is 6.56. The van der Waals surface area contributed by atoms with Crippen LogP contribution in [0.2, 0.25) is 0 Å². The number of amides is 1. The van der Waals surface area contributed by atoms with Crippen LogP contribution in [0.1, 0.15) is 12.0 Å². The highest BCUT2D eigenvalue weighted by Crippen LogP contribution is 2.29. The molecule has 1 aliphatic heterocycles. The smallest absolute Gasteiger partial charge is 0.411 e. The third kappa shape index (κ3) is 4.15. The van der Waals surface area contributed by atoms with Gasteiger partial charge in [-0.3, -0.25) is 5.32 Å². The van der Waals surface area contributed by atoms with Crippen molar-refractivity contribution in [3.63, 3.8) is 0 Å². The van der Waals surface area contributed by atoms with Gasteiger partial charge in [0.1, 0.15) is 0 Å². The molecule has 24 heavy (non-hydrogen) atoms. The summed E-state index contributed by atoms with van der Waals surface area (Å²) in [5.74, 6) is 0.437. The Balaban J connectivity index is 1.67. The van der Waals surface area contributed by atoms with Gasteiger partial charge in [-0.1, -0.05) is 42.0 Å². The molecular formula is C20H24N2O2. The maximum absolute atomic E-state index is 12.2. The van der Waals surface area contributed by atoms with Crippen LogP contribution in [0.3, 0.4) is 0 Å². The van der Waals surface area contributed by atoms with E-state index in [1.54, 1.807) is 0 Å². The summed E-state index contributed by atoms with van der Waals surface area (Å²) in [6.45, 7) is 4.59. The van der Waals surface area contributed by atoms with E-state index in [1.807, 2.05) is 49.4 Å². The fourth-order valence-corrected chi connectivity index (χ4v) is 3.13. The van der Waals surface area contributed by atoms with Crippen LogP contribution in [-0.2, 0) is 4.74 Å². The van der Waals surface area contributed by atoms with E-state index < -0.39 is 0 Å². The highest BCUT2D eigenvalue weighted by atomic mass is 16.5. The maximum Gasteiger partial charge on any atom is 0.411 e. The summed E-state index contributed by atoms with van der Waals surface area (Å²) < 4.78 is 5.42. The number of hydrogen-bond acceptors (Lipinski definition) is 3. The van der Waals surface area contributed by atoms with Crippen LogP contribution in [0.15, 0.2) is 48.5 Å². The molecule has 0 saturated carbocycles. The van der Waals surface area contributed by atoms with Gasteiger partial charge < -0.3 is 9.64 Å². The average molecular weight is 324 g/mol. The molecule has 126 valence electrons. The first-order valence-electron chi connectivity index (χ1n) is 8.40. The van der Waals surface area contributed by atoms with Crippen molar-refractivity contribution in [1.82, 2.24) is 4.90 Å². The molecule has 0 radical (unpaired) electrons. The highest BCUT2D eigenvalue weighted by Gasteiger charge is 2.21. The zero-order chi connectivity index (χ0) is 16.9. The minimum Gasteiger partial charge on any atom is -0.449 e. The second kappa shape index (κ2) is 7.49. The Labute approximate surface area is 143 Å². The lowest BCUT2D eigenvalue weighted by atomic mass is 10.0. The average Bonchev–Trinajstić information content (AvgIpc) is 3.01. The first-order valence-corrected chi connectivity index (χ1v) is 8.40. The molecule has 0 unspecified atom stereocenters. The van der Waals surface area contributed by atoms with Gasteiger partial charge in [-0.2, -0.15) is 0 Å². The van der Waals surface area contributed by atoms with Crippen molar-refractivity contribution >= 4 is 11.8 Å². The van der Waals surface area contributed by atoms with Gasteiger partial charge in [0.2, 0.25) is 0 Å². The predicted molar refractivity (Wildman–Crippen MR) is 97.2 cm³/mol. The van der Waals surface area contributed by atoms with Crippen molar-refractivity contribution in [1.29, 1.82) is 0 Å². The number of ether oxygens (including phenoxy) is 1. The molecule has 1 amide bonds. The van der Waals surface area contributed by atoms with Crippen LogP contribution in [-0.4, -0.2) is 37.7 Å². The summed E-state index contributed by atoms with van der Waals surface area (Å²) in [4.78, 5) is 14.4. The summed E-state index contributed by atoms with van der Waals surface area (Å²) in [6.07, 6.45) is 0.703. The van der Waals surface area contributed by atoms with E-state index in [4.69, 9.17) is 4.74 Å². The minimum absolute atomic E-state index is 0.384. The Morgan fingerprint density at radius 3 is 2.75 bits per heavy atom. The summed E-state index contributed by atoms with van der Waals surface area (Å²) >= 11 is 0. The van der Waals surface area contributed by atoms with Crippen LogP contribution in [0, 0.1) is 12.8 Å². The number of benzene rings is 2. The SMILES string of the molecule is Cc1ccc(NC(=O)OC[C@@H]2CCN(C)C2)c(-c2ccccc2)c1. The quantitative estimate of drug-likeness (QED) is 0.918. The maximum atomic E-state index is 12.2. The molecule has 1 saturated heterocycles. The number of aryl methyl sites for hydroxylation is 1. The Hall–Kier alpha value is -2.33. The number of nitrogens with zero attached hydrogens (tertiary/aromatic N) is 1. The number of anilines is 1. The van der Waals surface area contributed by atoms with E-state index in [9.17, 15) is 4.79 Å². The van der Waals surface area contributed by atoms with E-state index in [0.29, 0.717) is 12.5 Å². The van der Waals surface area contributed by atoms with Gasteiger partial charge in [0, 0.05) is 18.0 Å². The molecule has 2 aromatic carbocycles. The Morgan fingerprint density at radius 1 is 1.25 bits per heavy atom. The molecule has 3 rings (SSSR count). The van der Waals surface area contributed by atoms with Crippen LogP contribution < -0.4 is 5.32 Å². The van der Waals surface area contributed by atoms with E-state index in [0.717, 1.165) is 41.9 Å². The normalized spacial score (nSPS) is 17.7. The van der Waals surface area contributed by atoms with Gasteiger partial charge in [0.05, 0.1) is 12.3 Å². The first-order chi connectivity index (χ1) is 11.6. The lowest BCUT2D eigenvalue weighted by molar-refractivity contribution is 0.142. The second-order valence-electron chi connectivity index (χ2n) is 6.56. The molecule has 0 aromatic heterocycles. The molecule has 1 heterocycles. The minimum atomic E-state index is -0.384. The molecule has 2 aromatic rings. The summed E-state index contributed by atoms with van der Waals surface area (Å²) in [7, 11) is 2.10. The summed E-state index contributed by atoms with van der Waals surface area (Å²) in [5, 5.41) is 2.90. The lowest BCUT2D eigenvalue weighted by Gasteiger charge is -2.14. The van der Waals surface area contributed by atoms with Gasteiger partial charge >= 0.3 is 6.09 Å². The van der Waals surface area contributed by atoms with Crippen molar-refractivity contribution in [2.24, 2.45) is 5.92 Å². The van der Waals surface area contributed by atoms with Gasteiger partial charge in [-0.15, -0.1) is 0 Å². The van der Waals surface area contributed by atoms with E-state index >= 15 is 0 Å². The molecule has 0 spiro atoms. The number of nitrogens with one attached hydrogen (secondary N) is 1. The zero-order valence-electron chi connectivity index (χ0n) is 14.3. The molecule has 1 aliphatic rings. The molecule has 0 aliphatic carbocycles. The number of likely N-dealkylation sites (tertiary alicyclic amines) is 1. The topological polar surface area (TPSA) is 41.6 Å². The molecular weight excluding hydrogens is 300 g/mol. The molecule has 1 fully saturated rings. The van der Waals surface area contributed by atoms with Gasteiger partial charge in [-0.05, 0) is 44.6 Å². The van der Waals surface area contributed by atoms with E-state index in [-0.39, 0.29) is 6.09 Å². The Morgan fingerprint density at radius 2 is 2.04 bits per heavy atom. The standard InChI is InChI=1S/C20H24N2O2/c1-15-8-9-19(18(12-15)17-6-4-3-5-7-17)21-20(23)24-14-16-10-11-22(2)13-16/h3-9,12,16H,10-11,13-14H2,1-2H3,(H,21,23)/t16-/m1/s1. The highest BCUT2D eigenvalue weighted by molar-refractivity contribution is 5.91. The summed E-state index contributed by atoms with van der Waals surface area (Å²) in [5.41, 5.74) is 4.02. The van der Waals surface area contributed by atoms with Crippen LogP contribution in [0.5, 0.6) is 0 Å². The van der Waals surface area contributed by atoms with E-state index in [1.165, 1.54) is 0 Å².